The second-order valence-electron chi connectivity index (χ2n) is 7.15. The highest BCUT2D eigenvalue weighted by molar-refractivity contribution is 5.85. The van der Waals surface area contributed by atoms with Crippen molar-refractivity contribution in [2.45, 2.75) is 51.1 Å². The second kappa shape index (κ2) is 6.94. The van der Waals surface area contributed by atoms with Gasteiger partial charge in [-0.25, -0.2) is 0 Å². The molecule has 1 aromatic carbocycles. The molecule has 1 N–H and O–H groups in total. The van der Waals surface area contributed by atoms with Gasteiger partial charge in [0.1, 0.15) is 0 Å². The standard InChI is InChI=1S/C20H23N3O3/c24-19(25)9-7-15-12-16-13-22(10-3-11-23(16)21-15)20(26)18-8-6-14-4-1-2-5-17(14)18/h1-2,4-5,12,18H,3,6-11,13H2,(H,24,25). The molecule has 0 spiro atoms. The van der Waals surface area contributed by atoms with Gasteiger partial charge in [0, 0.05) is 19.5 Å². The van der Waals surface area contributed by atoms with E-state index >= 15 is 0 Å². The number of aliphatic carboxylic acids is 1. The van der Waals surface area contributed by atoms with Crippen LogP contribution in [0.1, 0.15) is 47.7 Å². The third-order valence-corrected chi connectivity index (χ3v) is 5.40. The molecule has 0 radical (unpaired) electrons. The summed E-state index contributed by atoms with van der Waals surface area (Å²) >= 11 is 0. The number of nitrogens with zero attached hydrogens (tertiary/aromatic N) is 3. The Kier molecular flexibility index (Phi) is 4.49. The van der Waals surface area contributed by atoms with Gasteiger partial charge >= 0.3 is 5.97 Å². The second-order valence-corrected chi connectivity index (χ2v) is 7.15. The number of rotatable bonds is 4. The normalized spacial score (nSPS) is 18.9. The maximum absolute atomic E-state index is 13.2. The third kappa shape index (κ3) is 3.23. The van der Waals surface area contributed by atoms with Gasteiger partial charge in [-0.3, -0.25) is 14.3 Å². The van der Waals surface area contributed by atoms with Crippen LogP contribution < -0.4 is 0 Å². The van der Waals surface area contributed by atoms with Crippen molar-refractivity contribution >= 4 is 11.9 Å². The van der Waals surface area contributed by atoms with Crippen LogP contribution in [0, 0.1) is 0 Å². The van der Waals surface area contributed by atoms with E-state index in [-0.39, 0.29) is 18.2 Å². The highest BCUT2D eigenvalue weighted by atomic mass is 16.4. The van der Waals surface area contributed by atoms with Gasteiger partial charge in [-0.15, -0.1) is 0 Å². The molecule has 2 aromatic rings. The van der Waals surface area contributed by atoms with Crippen LogP contribution in [0.4, 0.5) is 0 Å². The van der Waals surface area contributed by atoms with Crippen molar-refractivity contribution in [2.24, 2.45) is 0 Å². The van der Waals surface area contributed by atoms with Gasteiger partial charge in [0.15, 0.2) is 0 Å². The summed E-state index contributed by atoms with van der Waals surface area (Å²) in [4.78, 5) is 25.9. The van der Waals surface area contributed by atoms with Gasteiger partial charge in [-0.05, 0) is 36.5 Å². The molecule has 4 rings (SSSR count). The zero-order chi connectivity index (χ0) is 18.1. The number of amides is 1. The summed E-state index contributed by atoms with van der Waals surface area (Å²) in [6.07, 6.45) is 3.24. The van der Waals surface area contributed by atoms with Crippen molar-refractivity contribution in [1.29, 1.82) is 0 Å². The van der Waals surface area contributed by atoms with Crippen LogP contribution in [0.25, 0.3) is 0 Å². The fourth-order valence-corrected chi connectivity index (χ4v) is 4.10. The minimum Gasteiger partial charge on any atom is -0.481 e. The van der Waals surface area contributed by atoms with E-state index in [1.165, 1.54) is 11.1 Å². The molecule has 2 aliphatic rings. The molecule has 0 fully saturated rings. The van der Waals surface area contributed by atoms with Crippen LogP contribution >= 0.6 is 0 Å². The maximum atomic E-state index is 13.2. The van der Waals surface area contributed by atoms with Gasteiger partial charge in [0.2, 0.25) is 5.91 Å². The van der Waals surface area contributed by atoms with Crippen molar-refractivity contribution < 1.29 is 14.7 Å². The van der Waals surface area contributed by atoms with E-state index < -0.39 is 5.97 Å². The van der Waals surface area contributed by atoms with Gasteiger partial charge < -0.3 is 10.0 Å². The molecule has 1 aliphatic heterocycles. The zero-order valence-electron chi connectivity index (χ0n) is 14.7. The summed E-state index contributed by atoms with van der Waals surface area (Å²) < 4.78 is 1.94. The van der Waals surface area contributed by atoms with E-state index in [0.29, 0.717) is 13.0 Å². The van der Waals surface area contributed by atoms with E-state index in [9.17, 15) is 9.59 Å². The minimum atomic E-state index is -0.815. The van der Waals surface area contributed by atoms with Gasteiger partial charge in [0.05, 0.1) is 30.3 Å². The Balaban J connectivity index is 1.50. The Bertz CT molecular complexity index is 843. The number of carbonyl (C=O) groups excluding carboxylic acids is 1. The molecule has 1 atom stereocenters. The van der Waals surface area contributed by atoms with Gasteiger partial charge in [-0.1, -0.05) is 24.3 Å². The largest absolute Gasteiger partial charge is 0.481 e. The number of aryl methyl sites for hydroxylation is 3. The molecule has 2 heterocycles. The monoisotopic (exact) mass is 353 g/mol. The summed E-state index contributed by atoms with van der Waals surface area (Å²) in [7, 11) is 0. The molecule has 1 aliphatic carbocycles. The Hall–Kier alpha value is -2.63. The molecule has 1 amide bonds. The van der Waals surface area contributed by atoms with E-state index in [1.807, 2.05) is 27.8 Å². The predicted octanol–water partition coefficient (Wildman–Crippen LogP) is 2.36. The molecule has 0 bridgehead atoms. The number of fused-ring (bicyclic) bond motifs is 2. The Labute approximate surface area is 152 Å². The predicted molar refractivity (Wildman–Crippen MR) is 95.7 cm³/mol. The maximum Gasteiger partial charge on any atom is 0.303 e. The van der Waals surface area contributed by atoms with E-state index in [1.54, 1.807) is 0 Å². The molecular formula is C20H23N3O3. The van der Waals surface area contributed by atoms with E-state index in [4.69, 9.17) is 5.11 Å². The first-order chi connectivity index (χ1) is 12.6. The lowest BCUT2D eigenvalue weighted by Gasteiger charge is -2.24. The molecule has 136 valence electrons. The number of carboxylic acids is 1. The topological polar surface area (TPSA) is 75.4 Å². The molecule has 0 saturated carbocycles. The number of benzene rings is 1. The summed E-state index contributed by atoms with van der Waals surface area (Å²) in [5.41, 5.74) is 4.27. The lowest BCUT2D eigenvalue weighted by molar-refractivity contribution is -0.137. The zero-order valence-corrected chi connectivity index (χ0v) is 14.7. The molecule has 1 aromatic heterocycles. The average Bonchev–Trinajstić information content (AvgIpc) is 3.17. The highest BCUT2D eigenvalue weighted by Gasteiger charge is 2.32. The first kappa shape index (κ1) is 16.8. The lowest BCUT2D eigenvalue weighted by atomic mass is 9.99. The van der Waals surface area contributed by atoms with E-state index in [0.717, 1.165) is 43.7 Å². The Morgan fingerprint density at radius 2 is 2.08 bits per heavy atom. The Morgan fingerprint density at radius 3 is 2.92 bits per heavy atom. The van der Waals surface area contributed by atoms with Crippen molar-refractivity contribution in [3.63, 3.8) is 0 Å². The minimum absolute atomic E-state index is 0.0350. The van der Waals surface area contributed by atoms with Crippen molar-refractivity contribution in [3.8, 4) is 0 Å². The van der Waals surface area contributed by atoms with Gasteiger partial charge in [0.25, 0.3) is 0 Å². The van der Waals surface area contributed by atoms with Crippen molar-refractivity contribution in [2.75, 3.05) is 6.54 Å². The fourth-order valence-electron chi connectivity index (χ4n) is 4.10. The molecular weight excluding hydrogens is 330 g/mol. The van der Waals surface area contributed by atoms with E-state index in [2.05, 4.69) is 17.2 Å². The molecule has 26 heavy (non-hydrogen) atoms. The SMILES string of the molecule is O=C(O)CCc1cc2n(n1)CCCN(C(=O)C1CCc3ccccc31)C2. The van der Waals surface area contributed by atoms with Crippen LogP contribution in [0.3, 0.4) is 0 Å². The number of hydrogen-bond acceptors (Lipinski definition) is 3. The van der Waals surface area contributed by atoms with Crippen LogP contribution in [-0.4, -0.2) is 38.2 Å². The molecule has 6 heteroatoms. The lowest BCUT2D eigenvalue weighted by Crippen LogP contribution is -2.34. The first-order valence-electron chi connectivity index (χ1n) is 9.26. The average molecular weight is 353 g/mol. The number of aromatic nitrogens is 2. The molecule has 0 saturated heterocycles. The fraction of sp³-hybridized carbons (Fsp3) is 0.450. The van der Waals surface area contributed by atoms with Crippen LogP contribution in [0.2, 0.25) is 0 Å². The summed E-state index contributed by atoms with van der Waals surface area (Å²) in [5, 5.41) is 13.4. The number of carboxylic acid groups (broad SMARTS) is 1. The first-order valence-corrected chi connectivity index (χ1v) is 9.26. The summed E-state index contributed by atoms with van der Waals surface area (Å²) in [5.74, 6) is -0.645. The van der Waals surface area contributed by atoms with Crippen LogP contribution in [0.5, 0.6) is 0 Å². The number of carbonyl (C=O) groups is 2. The van der Waals surface area contributed by atoms with Crippen LogP contribution in [0.15, 0.2) is 30.3 Å². The Morgan fingerprint density at radius 1 is 1.23 bits per heavy atom. The molecule has 1 unspecified atom stereocenters. The highest BCUT2D eigenvalue weighted by Crippen LogP contribution is 2.34. The summed E-state index contributed by atoms with van der Waals surface area (Å²) in [6.45, 7) is 2.07. The summed E-state index contributed by atoms with van der Waals surface area (Å²) in [6, 6.07) is 10.2. The molecule has 6 nitrogen and oxygen atoms in total. The number of hydrogen-bond donors (Lipinski definition) is 1. The van der Waals surface area contributed by atoms with Crippen LogP contribution in [-0.2, 0) is 35.5 Å². The van der Waals surface area contributed by atoms with Crippen molar-refractivity contribution in [3.05, 3.63) is 52.8 Å². The van der Waals surface area contributed by atoms with Crippen molar-refractivity contribution in [1.82, 2.24) is 14.7 Å². The quantitative estimate of drug-likeness (QED) is 0.916. The smallest absolute Gasteiger partial charge is 0.303 e. The third-order valence-electron chi connectivity index (χ3n) is 5.40. The van der Waals surface area contributed by atoms with Gasteiger partial charge in [-0.2, -0.15) is 5.10 Å².